The Bertz CT molecular complexity index is 1150. The van der Waals surface area contributed by atoms with E-state index < -0.39 is 19.2 Å². The van der Waals surface area contributed by atoms with Gasteiger partial charge in [-0.25, -0.2) is 0 Å². The fourth-order valence-electron chi connectivity index (χ4n) is 10.6. The Balaban J connectivity index is 1.16. The Morgan fingerprint density at radius 3 is 2.47 bits per heavy atom. The zero-order valence-electron chi connectivity index (χ0n) is 27.1. The van der Waals surface area contributed by atoms with Crippen LogP contribution in [-0.4, -0.2) is 56.2 Å². The Hall–Kier alpha value is -1.28. The lowest BCUT2D eigenvalue weighted by molar-refractivity contribution is -0.137. The molecule has 43 heavy (non-hydrogen) atoms. The SMILES string of the molecule is CCOP(=O)(OCC)C(Cc1cn(CCC[C@@H](C)[C@H]2CC[C@H]3[C@@H]4CC[C@@H]5C[C@H](O)CC[C@]5(C)[C@H]4CC[C@]23C)nn1)C(=O)O. The van der Waals surface area contributed by atoms with Crippen LogP contribution in [0.1, 0.15) is 111 Å². The van der Waals surface area contributed by atoms with E-state index in [9.17, 15) is 19.6 Å². The van der Waals surface area contributed by atoms with Gasteiger partial charge in [0.05, 0.1) is 25.0 Å². The molecule has 0 aromatic carbocycles. The molecule has 9 nitrogen and oxygen atoms in total. The second kappa shape index (κ2) is 13.2. The molecule has 10 heteroatoms. The van der Waals surface area contributed by atoms with Gasteiger partial charge in [-0.1, -0.05) is 26.0 Å². The van der Waals surface area contributed by atoms with E-state index in [0.717, 1.165) is 55.9 Å². The molecule has 0 bridgehead atoms. The summed E-state index contributed by atoms with van der Waals surface area (Å²) in [6, 6.07) is 0. The van der Waals surface area contributed by atoms with Gasteiger partial charge in [-0.3, -0.25) is 14.0 Å². The van der Waals surface area contributed by atoms with E-state index in [1.54, 1.807) is 24.7 Å². The summed E-state index contributed by atoms with van der Waals surface area (Å²) in [5.74, 6) is 3.43. The molecule has 4 aliphatic carbocycles. The molecule has 1 aromatic heterocycles. The van der Waals surface area contributed by atoms with Crippen LogP contribution in [0.4, 0.5) is 0 Å². The highest BCUT2D eigenvalue weighted by molar-refractivity contribution is 7.55. The van der Waals surface area contributed by atoms with E-state index in [4.69, 9.17) is 9.05 Å². The fourth-order valence-corrected chi connectivity index (χ4v) is 12.5. The van der Waals surface area contributed by atoms with Crippen molar-refractivity contribution in [3.63, 3.8) is 0 Å². The lowest BCUT2D eigenvalue weighted by Crippen LogP contribution is -2.54. The summed E-state index contributed by atoms with van der Waals surface area (Å²) in [4.78, 5) is 12.0. The average Bonchev–Trinajstić information content (AvgIpc) is 3.55. The van der Waals surface area contributed by atoms with E-state index in [-0.39, 0.29) is 25.7 Å². The number of hydrogen-bond acceptors (Lipinski definition) is 7. The summed E-state index contributed by atoms with van der Waals surface area (Å²) < 4.78 is 25.5. The first-order valence-electron chi connectivity index (χ1n) is 17.1. The molecule has 5 rings (SSSR count). The van der Waals surface area contributed by atoms with Gasteiger partial charge in [-0.15, -0.1) is 5.10 Å². The minimum Gasteiger partial charge on any atom is -0.481 e. The third-order valence-corrected chi connectivity index (χ3v) is 15.1. The largest absolute Gasteiger partial charge is 0.481 e. The number of fused-ring (bicyclic) bond motifs is 5. The molecule has 1 unspecified atom stereocenters. The molecule has 1 aromatic rings. The summed E-state index contributed by atoms with van der Waals surface area (Å²) >= 11 is 0. The van der Waals surface area contributed by atoms with Crippen molar-refractivity contribution in [2.75, 3.05) is 13.2 Å². The zero-order valence-corrected chi connectivity index (χ0v) is 28.0. The van der Waals surface area contributed by atoms with Gasteiger partial charge in [0, 0.05) is 19.2 Å². The topological polar surface area (TPSA) is 124 Å². The van der Waals surface area contributed by atoms with Crippen LogP contribution in [-0.2, 0) is 31.4 Å². The van der Waals surface area contributed by atoms with Crippen LogP contribution in [0.5, 0.6) is 0 Å². The van der Waals surface area contributed by atoms with E-state index in [0.29, 0.717) is 28.4 Å². The lowest BCUT2D eigenvalue weighted by atomic mass is 9.44. The second-order valence-corrected chi connectivity index (χ2v) is 17.1. The molecule has 4 fully saturated rings. The second-order valence-electron chi connectivity index (χ2n) is 14.8. The Morgan fingerprint density at radius 2 is 1.77 bits per heavy atom. The van der Waals surface area contributed by atoms with Crippen molar-refractivity contribution >= 4 is 13.6 Å². The smallest absolute Gasteiger partial charge is 0.345 e. The highest BCUT2D eigenvalue weighted by atomic mass is 31.2. The van der Waals surface area contributed by atoms with Gasteiger partial charge in [0.15, 0.2) is 5.66 Å². The number of aliphatic hydroxyl groups is 1. The molecule has 1 heterocycles. The summed E-state index contributed by atoms with van der Waals surface area (Å²) in [5, 5.41) is 28.6. The molecular weight excluding hydrogens is 565 g/mol. The monoisotopic (exact) mass is 621 g/mol. The first-order chi connectivity index (χ1) is 20.4. The lowest BCUT2D eigenvalue weighted by Gasteiger charge is -2.61. The van der Waals surface area contributed by atoms with E-state index in [1.807, 2.05) is 0 Å². The first-order valence-corrected chi connectivity index (χ1v) is 18.7. The molecule has 0 spiro atoms. The van der Waals surface area contributed by atoms with E-state index in [2.05, 4.69) is 31.1 Å². The third-order valence-electron chi connectivity index (χ3n) is 12.7. The minimum atomic E-state index is -3.82. The summed E-state index contributed by atoms with van der Waals surface area (Å²) in [6.07, 6.45) is 15.1. The van der Waals surface area contributed by atoms with Crippen LogP contribution < -0.4 is 0 Å². The van der Waals surface area contributed by atoms with Gasteiger partial charge in [0.1, 0.15) is 0 Å². The number of aromatic nitrogens is 3. The molecule has 4 saturated carbocycles. The highest BCUT2D eigenvalue weighted by Gasteiger charge is 2.60. The first kappa shape index (κ1) is 33.1. The van der Waals surface area contributed by atoms with Crippen LogP contribution in [0.3, 0.4) is 0 Å². The van der Waals surface area contributed by atoms with Gasteiger partial charge in [0.25, 0.3) is 0 Å². The normalized spacial score (nSPS) is 37.3. The van der Waals surface area contributed by atoms with Crippen molar-refractivity contribution in [1.82, 2.24) is 15.0 Å². The maximum absolute atomic E-state index is 13.1. The van der Waals surface area contributed by atoms with Gasteiger partial charge < -0.3 is 19.3 Å². The minimum absolute atomic E-state index is 0.0482. The van der Waals surface area contributed by atoms with Gasteiger partial charge in [-0.05, 0) is 131 Å². The van der Waals surface area contributed by atoms with Crippen LogP contribution in [0.2, 0.25) is 0 Å². The van der Waals surface area contributed by atoms with Crippen molar-refractivity contribution in [1.29, 1.82) is 0 Å². The van der Waals surface area contributed by atoms with E-state index in [1.165, 1.54) is 44.9 Å². The average molecular weight is 622 g/mol. The number of nitrogens with zero attached hydrogens (tertiary/aromatic N) is 3. The molecule has 10 atom stereocenters. The fraction of sp³-hybridized carbons (Fsp3) is 0.909. The highest BCUT2D eigenvalue weighted by Crippen LogP contribution is 2.68. The molecule has 0 radical (unpaired) electrons. The summed E-state index contributed by atoms with van der Waals surface area (Å²) in [7, 11) is -3.82. The summed E-state index contributed by atoms with van der Waals surface area (Å²) in [5.41, 5.74) is 0.0290. The zero-order chi connectivity index (χ0) is 31.0. The predicted octanol–water partition coefficient (Wildman–Crippen LogP) is 6.98. The molecule has 244 valence electrons. The molecule has 4 aliphatic rings. The van der Waals surface area contributed by atoms with Crippen LogP contribution in [0.15, 0.2) is 6.20 Å². The van der Waals surface area contributed by atoms with Crippen LogP contribution in [0, 0.1) is 46.3 Å². The maximum atomic E-state index is 13.1. The van der Waals surface area contributed by atoms with Crippen molar-refractivity contribution in [3.05, 3.63) is 11.9 Å². The standard InChI is InChI=1S/C33H56N3O6P/c1-6-41-43(40,42-7-2)30(31(38)39)20-24-21-36(35-34-24)18-8-9-22(3)27-12-13-28-26-11-10-23-19-25(37)14-16-32(23,4)29(26)15-17-33(27,28)5/h21-23,25-30,37H,6-20H2,1-5H3,(H,38,39)/t22-,23-,25-,26+,27-,28+,29+,30?,32+,33-/m1/s1. The summed E-state index contributed by atoms with van der Waals surface area (Å²) in [6.45, 7) is 11.9. The third kappa shape index (κ3) is 6.39. The Labute approximate surface area is 258 Å². The number of aliphatic hydroxyl groups excluding tert-OH is 1. The van der Waals surface area contributed by atoms with E-state index >= 15 is 0 Å². The van der Waals surface area contributed by atoms with Gasteiger partial charge in [0.2, 0.25) is 0 Å². The molecule has 0 saturated heterocycles. The number of aliphatic carboxylic acids is 1. The van der Waals surface area contributed by atoms with Crippen molar-refractivity contribution in [3.8, 4) is 0 Å². The van der Waals surface area contributed by atoms with Crippen LogP contribution >= 0.6 is 7.60 Å². The quantitative estimate of drug-likeness (QED) is 0.226. The Kier molecular flexibility index (Phi) is 10.2. The van der Waals surface area contributed by atoms with Crippen molar-refractivity contribution in [2.45, 2.75) is 130 Å². The number of rotatable bonds is 13. The number of hydrogen-bond donors (Lipinski definition) is 2. The predicted molar refractivity (Wildman–Crippen MR) is 166 cm³/mol. The van der Waals surface area contributed by atoms with Gasteiger partial charge in [-0.2, -0.15) is 0 Å². The number of carboxylic acid groups (broad SMARTS) is 1. The molecular formula is C33H56N3O6P. The molecule has 0 amide bonds. The van der Waals surface area contributed by atoms with Crippen LogP contribution in [0.25, 0.3) is 0 Å². The molecule has 0 aliphatic heterocycles. The maximum Gasteiger partial charge on any atom is 0.345 e. The number of carboxylic acids is 1. The Morgan fingerprint density at radius 1 is 1.07 bits per heavy atom. The van der Waals surface area contributed by atoms with Gasteiger partial charge >= 0.3 is 13.6 Å². The molecule has 2 N–H and O–H groups in total. The number of carbonyl (C=O) groups is 1. The number of aryl methyl sites for hydroxylation is 1. The van der Waals surface area contributed by atoms with Crippen molar-refractivity contribution < 1.29 is 28.6 Å². The van der Waals surface area contributed by atoms with Crippen molar-refractivity contribution in [2.24, 2.45) is 46.3 Å².